The number of aliphatic hydroxyl groups excluding tert-OH is 1. The predicted octanol–water partition coefficient (Wildman–Crippen LogP) is 4.57. The normalized spacial score (nSPS) is 12.0. The maximum Gasteiger partial charge on any atom is 0.374 e. The first-order valence-corrected chi connectivity index (χ1v) is 10.9. The zero-order valence-corrected chi connectivity index (χ0v) is 17.3. The van der Waals surface area contributed by atoms with Crippen LogP contribution in [-0.2, 0) is 19.4 Å². The molecule has 0 aromatic carbocycles. The maximum absolute atomic E-state index is 11.4. The summed E-state index contributed by atoms with van der Waals surface area (Å²) in [4.78, 5) is 31.1. The van der Waals surface area contributed by atoms with Crippen LogP contribution in [0.5, 0.6) is 0 Å². The molecular weight excluding hydrogens is 346 g/mol. The van der Waals surface area contributed by atoms with E-state index >= 15 is 0 Å². The quantitative estimate of drug-likeness (QED) is 0.203. The summed E-state index contributed by atoms with van der Waals surface area (Å²) in [5, 5.41) is 8.66. The summed E-state index contributed by atoms with van der Waals surface area (Å²) in [6.07, 6.45) is 19.2. The SMILES string of the molecule is CCCCCCCCCCCCCCCCCC(=O)OOC(=O)C(N)CO. The van der Waals surface area contributed by atoms with Crippen molar-refractivity contribution in [2.24, 2.45) is 5.73 Å². The van der Waals surface area contributed by atoms with Gasteiger partial charge in [0.15, 0.2) is 0 Å². The van der Waals surface area contributed by atoms with Gasteiger partial charge in [0.1, 0.15) is 6.04 Å². The van der Waals surface area contributed by atoms with E-state index in [-0.39, 0.29) is 6.42 Å². The highest BCUT2D eigenvalue weighted by Crippen LogP contribution is 2.13. The van der Waals surface area contributed by atoms with Crippen LogP contribution in [0, 0.1) is 0 Å². The first-order valence-electron chi connectivity index (χ1n) is 10.9. The molecule has 0 saturated heterocycles. The van der Waals surface area contributed by atoms with Gasteiger partial charge in [0.25, 0.3) is 0 Å². The van der Waals surface area contributed by atoms with Gasteiger partial charge in [-0.15, -0.1) is 0 Å². The van der Waals surface area contributed by atoms with E-state index in [1.807, 2.05) is 0 Å². The Bertz CT molecular complexity index is 362. The van der Waals surface area contributed by atoms with E-state index in [2.05, 4.69) is 16.7 Å². The Balaban J connectivity index is 3.24. The van der Waals surface area contributed by atoms with E-state index in [0.29, 0.717) is 0 Å². The number of rotatable bonds is 18. The molecule has 0 aromatic heterocycles. The van der Waals surface area contributed by atoms with Gasteiger partial charge in [0.05, 0.1) is 13.0 Å². The number of nitrogens with two attached hydrogens (primary N) is 1. The van der Waals surface area contributed by atoms with Crippen LogP contribution >= 0.6 is 0 Å². The van der Waals surface area contributed by atoms with Gasteiger partial charge in [0, 0.05) is 0 Å². The molecule has 0 heterocycles. The fourth-order valence-electron chi connectivity index (χ4n) is 2.91. The Morgan fingerprint density at radius 1 is 0.741 bits per heavy atom. The van der Waals surface area contributed by atoms with Gasteiger partial charge >= 0.3 is 11.9 Å². The van der Waals surface area contributed by atoms with Crippen LogP contribution in [0.1, 0.15) is 110 Å². The summed E-state index contributed by atoms with van der Waals surface area (Å²) in [5.41, 5.74) is 5.22. The predicted molar refractivity (Wildman–Crippen MR) is 107 cm³/mol. The minimum atomic E-state index is -1.18. The fraction of sp³-hybridized carbons (Fsp3) is 0.905. The largest absolute Gasteiger partial charge is 0.394 e. The van der Waals surface area contributed by atoms with Gasteiger partial charge < -0.3 is 10.8 Å². The van der Waals surface area contributed by atoms with Gasteiger partial charge in [-0.2, -0.15) is 0 Å². The summed E-state index contributed by atoms with van der Waals surface area (Å²) < 4.78 is 0. The standard InChI is InChI=1S/C21H41NO5/c1-2-3-4-5-6-7-8-9-10-11-12-13-14-15-16-17-20(24)26-27-21(25)19(22)18-23/h19,23H,2-18,22H2,1H3. The molecule has 3 N–H and O–H groups in total. The van der Waals surface area contributed by atoms with Gasteiger partial charge in [-0.05, 0) is 6.42 Å². The van der Waals surface area contributed by atoms with Crippen molar-refractivity contribution in [3.8, 4) is 0 Å². The maximum atomic E-state index is 11.4. The van der Waals surface area contributed by atoms with Crippen LogP contribution in [-0.4, -0.2) is 29.7 Å². The molecule has 0 fully saturated rings. The van der Waals surface area contributed by atoms with E-state index in [0.717, 1.165) is 19.3 Å². The first kappa shape index (κ1) is 25.9. The van der Waals surface area contributed by atoms with Crippen molar-refractivity contribution in [2.75, 3.05) is 6.61 Å². The minimum Gasteiger partial charge on any atom is -0.394 e. The third-order valence-electron chi connectivity index (χ3n) is 4.70. The van der Waals surface area contributed by atoms with E-state index in [1.54, 1.807) is 0 Å². The molecule has 27 heavy (non-hydrogen) atoms. The number of hydrogen-bond acceptors (Lipinski definition) is 6. The lowest BCUT2D eigenvalue weighted by atomic mass is 10.0. The Kier molecular flexibility index (Phi) is 18.8. The molecule has 0 rings (SSSR count). The van der Waals surface area contributed by atoms with Gasteiger partial charge in [-0.25, -0.2) is 19.4 Å². The molecule has 0 spiro atoms. The fourth-order valence-corrected chi connectivity index (χ4v) is 2.91. The van der Waals surface area contributed by atoms with Gasteiger partial charge in [-0.3, -0.25) is 0 Å². The zero-order chi connectivity index (χ0) is 20.2. The summed E-state index contributed by atoms with van der Waals surface area (Å²) in [6.45, 7) is 1.71. The molecule has 0 radical (unpaired) electrons. The molecular formula is C21H41NO5. The van der Waals surface area contributed by atoms with Crippen molar-refractivity contribution in [1.29, 1.82) is 0 Å². The van der Waals surface area contributed by atoms with Crippen LogP contribution in [0.15, 0.2) is 0 Å². The second-order valence-electron chi connectivity index (χ2n) is 7.35. The van der Waals surface area contributed by atoms with Crippen LogP contribution in [0.25, 0.3) is 0 Å². The minimum absolute atomic E-state index is 0.222. The number of carbonyl (C=O) groups is 2. The Labute approximate surface area is 165 Å². The molecule has 6 nitrogen and oxygen atoms in total. The first-order chi connectivity index (χ1) is 13.1. The lowest BCUT2D eigenvalue weighted by Crippen LogP contribution is -2.36. The number of aliphatic hydroxyl groups is 1. The van der Waals surface area contributed by atoms with Gasteiger partial charge in [0.2, 0.25) is 0 Å². The van der Waals surface area contributed by atoms with Crippen LogP contribution in [0.4, 0.5) is 0 Å². The molecule has 0 aliphatic carbocycles. The Morgan fingerprint density at radius 3 is 1.56 bits per heavy atom. The highest BCUT2D eigenvalue weighted by Gasteiger charge is 2.17. The molecule has 0 aliphatic rings. The van der Waals surface area contributed by atoms with Crippen LogP contribution < -0.4 is 5.73 Å². The third kappa shape index (κ3) is 18.0. The average molecular weight is 388 g/mol. The number of hydrogen-bond donors (Lipinski definition) is 2. The Hall–Kier alpha value is -1.14. The summed E-state index contributed by atoms with van der Waals surface area (Å²) in [7, 11) is 0. The molecule has 0 aromatic rings. The zero-order valence-electron chi connectivity index (χ0n) is 17.3. The number of carbonyl (C=O) groups excluding carboxylic acids is 2. The lowest BCUT2D eigenvalue weighted by Gasteiger charge is -2.06. The van der Waals surface area contributed by atoms with Crippen molar-refractivity contribution >= 4 is 11.9 Å². The Morgan fingerprint density at radius 2 is 1.15 bits per heavy atom. The molecule has 6 heteroatoms. The number of unbranched alkanes of at least 4 members (excludes halogenated alkanes) is 14. The molecule has 0 saturated carbocycles. The van der Waals surface area contributed by atoms with Crippen molar-refractivity contribution in [3.05, 3.63) is 0 Å². The van der Waals surface area contributed by atoms with E-state index < -0.39 is 24.6 Å². The highest BCUT2D eigenvalue weighted by molar-refractivity contribution is 5.76. The van der Waals surface area contributed by atoms with E-state index in [4.69, 9.17) is 10.8 Å². The van der Waals surface area contributed by atoms with Crippen molar-refractivity contribution < 1.29 is 24.5 Å². The average Bonchev–Trinajstić information content (AvgIpc) is 2.68. The lowest BCUT2D eigenvalue weighted by molar-refractivity contribution is -0.260. The summed E-state index contributed by atoms with van der Waals surface area (Å²) in [6, 6.07) is -1.18. The summed E-state index contributed by atoms with van der Waals surface area (Å²) in [5.74, 6) is -1.52. The van der Waals surface area contributed by atoms with Crippen molar-refractivity contribution in [2.45, 2.75) is 116 Å². The third-order valence-corrected chi connectivity index (χ3v) is 4.70. The molecule has 1 atom stereocenters. The van der Waals surface area contributed by atoms with Crippen LogP contribution in [0.3, 0.4) is 0 Å². The van der Waals surface area contributed by atoms with Gasteiger partial charge in [-0.1, -0.05) is 96.8 Å². The summed E-state index contributed by atoms with van der Waals surface area (Å²) >= 11 is 0. The second kappa shape index (κ2) is 19.6. The van der Waals surface area contributed by atoms with Crippen molar-refractivity contribution in [3.63, 3.8) is 0 Å². The molecule has 1 unspecified atom stereocenters. The molecule has 0 amide bonds. The highest BCUT2D eigenvalue weighted by atomic mass is 17.2. The monoisotopic (exact) mass is 387 g/mol. The van der Waals surface area contributed by atoms with E-state index in [1.165, 1.54) is 77.0 Å². The second-order valence-corrected chi connectivity index (χ2v) is 7.35. The molecule has 0 bridgehead atoms. The topological polar surface area (TPSA) is 98.9 Å². The molecule has 0 aliphatic heterocycles. The van der Waals surface area contributed by atoms with Crippen molar-refractivity contribution in [1.82, 2.24) is 0 Å². The van der Waals surface area contributed by atoms with E-state index in [9.17, 15) is 9.59 Å². The molecule has 160 valence electrons. The van der Waals surface area contributed by atoms with Crippen LogP contribution in [0.2, 0.25) is 0 Å². The smallest absolute Gasteiger partial charge is 0.374 e.